The van der Waals surface area contributed by atoms with E-state index in [2.05, 4.69) is 58.9 Å². The number of hydrogen-bond acceptors (Lipinski definition) is 1. The van der Waals surface area contributed by atoms with Crippen LogP contribution in [0.5, 0.6) is 5.75 Å². The normalized spacial score (nSPS) is 29.9. The molecule has 0 aliphatic heterocycles. The Bertz CT molecular complexity index is 451. The molecule has 1 aliphatic rings. The molecule has 112 valence electrons. The number of hydrogen-bond donors (Lipinski definition) is 0. The number of halogens is 1. The Labute approximate surface area is 128 Å². The molecule has 1 nitrogen and oxygen atoms in total. The highest BCUT2D eigenvalue weighted by Gasteiger charge is 2.51. The van der Waals surface area contributed by atoms with Crippen LogP contribution in [0.3, 0.4) is 0 Å². The number of benzene rings is 1. The second kappa shape index (κ2) is 5.60. The predicted molar refractivity (Wildman–Crippen MR) is 86.8 cm³/mol. The van der Waals surface area contributed by atoms with Crippen LogP contribution < -0.4 is 4.74 Å². The summed E-state index contributed by atoms with van der Waals surface area (Å²) in [4.78, 5) is 0. The van der Waals surface area contributed by atoms with Gasteiger partial charge in [0.05, 0.1) is 0 Å². The first kappa shape index (κ1) is 15.7. The van der Waals surface area contributed by atoms with Crippen LogP contribution >= 0.6 is 11.6 Å². The fraction of sp³-hybridized carbons (Fsp3) is 0.667. The molecule has 0 saturated heterocycles. The van der Waals surface area contributed by atoms with E-state index in [1.165, 1.54) is 5.56 Å². The lowest BCUT2D eigenvalue weighted by Crippen LogP contribution is -2.55. The van der Waals surface area contributed by atoms with E-state index in [1.54, 1.807) is 0 Å². The van der Waals surface area contributed by atoms with Gasteiger partial charge in [-0.3, -0.25) is 0 Å². The molecule has 0 heterocycles. The molecule has 1 aromatic carbocycles. The van der Waals surface area contributed by atoms with Gasteiger partial charge in [0, 0.05) is 17.2 Å². The van der Waals surface area contributed by atoms with Crippen LogP contribution in [0.25, 0.3) is 0 Å². The molecule has 2 heteroatoms. The minimum atomic E-state index is 0.114. The first-order valence-electron chi connectivity index (χ1n) is 7.74. The predicted octanol–water partition coefficient (Wildman–Crippen LogP) is 5.55. The van der Waals surface area contributed by atoms with Gasteiger partial charge in [-0.1, -0.05) is 46.8 Å². The van der Waals surface area contributed by atoms with E-state index in [9.17, 15) is 0 Å². The standard InChI is InChI=1S/C18H27ClO/c1-6-17(3,4)13-8-10-14(11-9-13)20-16-12-15(19)18(16,5)7-2/h8-11,15-16H,6-7,12H2,1-5H3. The maximum atomic E-state index is 6.34. The Morgan fingerprint density at radius 2 is 1.85 bits per heavy atom. The van der Waals surface area contributed by atoms with Crippen LogP contribution in [0, 0.1) is 5.41 Å². The quantitative estimate of drug-likeness (QED) is 0.647. The summed E-state index contributed by atoms with van der Waals surface area (Å²) in [7, 11) is 0. The smallest absolute Gasteiger partial charge is 0.119 e. The molecule has 0 bridgehead atoms. The lowest BCUT2D eigenvalue weighted by Gasteiger charge is -2.50. The Morgan fingerprint density at radius 1 is 1.25 bits per heavy atom. The van der Waals surface area contributed by atoms with Crippen LogP contribution in [0.4, 0.5) is 0 Å². The van der Waals surface area contributed by atoms with E-state index in [1.807, 2.05) is 0 Å². The van der Waals surface area contributed by atoms with Crippen LogP contribution in [0.15, 0.2) is 24.3 Å². The highest BCUT2D eigenvalue weighted by Crippen LogP contribution is 2.49. The van der Waals surface area contributed by atoms with Crippen molar-refractivity contribution >= 4 is 11.6 Å². The topological polar surface area (TPSA) is 9.23 Å². The fourth-order valence-corrected chi connectivity index (χ4v) is 3.21. The first-order valence-corrected chi connectivity index (χ1v) is 8.18. The zero-order valence-corrected chi connectivity index (χ0v) is 14.1. The summed E-state index contributed by atoms with van der Waals surface area (Å²) in [6.07, 6.45) is 3.40. The second-order valence-electron chi connectivity index (χ2n) is 6.93. The highest BCUT2D eigenvalue weighted by molar-refractivity contribution is 6.21. The SMILES string of the molecule is CCC(C)(C)c1ccc(OC2CC(Cl)C2(C)CC)cc1. The Hall–Kier alpha value is -0.690. The third-order valence-electron chi connectivity index (χ3n) is 5.43. The van der Waals surface area contributed by atoms with Gasteiger partial charge in [-0.05, 0) is 36.0 Å². The molecule has 0 aromatic heterocycles. The summed E-state index contributed by atoms with van der Waals surface area (Å²) in [5.74, 6) is 0.967. The fourth-order valence-electron chi connectivity index (χ4n) is 2.75. The van der Waals surface area contributed by atoms with E-state index in [4.69, 9.17) is 16.3 Å². The number of alkyl halides is 1. The molecule has 2 rings (SSSR count). The molecule has 0 N–H and O–H groups in total. The molecule has 3 atom stereocenters. The van der Waals surface area contributed by atoms with E-state index in [0.29, 0.717) is 0 Å². The Morgan fingerprint density at radius 3 is 2.30 bits per heavy atom. The van der Waals surface area contributed by atoms with Crippen LogP contribution in [-0.2, 0) is 5.41 Å². The van der Waals surface area contributed by atoms with Gasteiger partial charge in [-0.25, -0.2) is 0 Å². The summed E-state index contributed by atoms with van der Waals surface area (Å²) in [6.45, 7) is 11.2. The highest BCUT2D eigenvalue weighted by atomic mass is 35.5. The Balaban J connectivity index is 2.05. The van der Waals surface area contributed by atoms with Crippen molar-refractivity contribution in [2.24, 2.45) is 5.41 Å². The number of rotatable bonds is 5. The van der Waals surface area contributed by atoms with Gasteiger partial charge in [-0.15, -0.1) is 11.6 Å². The van der Waals surface area contributed by atoms with E-state index in [0.717, 1.165) is 25.0 Å². The summed E-state index contributed by atoms with van der Waals surface area (Å²) in [5.41, 5.74) is 1.71. The molecule has 1 aromatic rings. The van der Waals surface area contributed by atoms with Crippen LogP contribution in [0.1, 0.15) is 59.4 Å². The lowest BCUT2D eigenvalue weighted by atomic mass is 9.65. The average molecular weight is 295 g/mol. The molecule has 20 heavy (non-hydrogen) atoms. The van der Waals surface area contributed by atoms with Crippen molar-refractivity contribution < 1.29 is 4.74 Å². The molecular formula is C18H27ClO. The largest absolute Gasteiger partial charge is 0.490 e. The minimum Gasteiger partial charge on any atom is -0.490 e. The maximum Gasteiger partial charge on any atom is 0.119 e. The van der Waals surface area contributed by atoms with Gasteiger partial charge in [0.2, 0.25) is 0 Å². The van der Waals surface area contributed by atoms with Crippen molar-refractivity contribution in [2.75, 3.05) is 0 Å². The van der Waals surface area contributed by atoms with Gasteiger partial charge in [0.15, 0.2) is 0 Å². The zero-order valence-electron chi connectivity index (χ0n) is 13.4. The van der Waals surface area contributed by atoms with Gasteiger partial charge in [0.25, 0.3) is 0 Å². The first-order chi connectivity index (χ1) is 9.33. The van der Waals surface area contributed by atoms with Crippen molar-refractivity contribution in [1.29, 1.82) is 0 Å². The van der Waals surface area contributed by atoms with Gasteiger partial charge >= 0.3 is 0 Å². The summed E-state index contributed by atoms with van der Waals surface area (Å²) in [5, 5.41) is 0.246. The Kier molecular flexibility index (Phi) is 4.39. The molecule has 1 aliphatic carbocycles. The number of ether oxygens (including phenoxy) is 1. The minimum absolute atomic E-state index is 0.114. The van der Waals surface area contributed by atoms with Crippen molar-refractivity contribution in [3.8, 4) is 5.75 Å². The molecule has 1 fully saturated rings. The summed E-state index contributed by atoms with van der Waals surface area (Å²) in [6, 6.07) is 8.59. The second-order valence-corrected chi connectivity index (χ2v) is 7.46. The van der Waals surface area contributed by atoms with Crippen LogP contribution in [-0.4, -0.2) is 11.5 Å². The molecular weight excluding hydrogens is 268 g/mol. The average Bonchev–Trinajstić information content (AvgIpc) is 2.46. The molecule has 3 unspecified atom stereocenters. The third-order valence-corrected chi connectivity index (χ3v) is 6.11. The van der Waals surface area contributed by atoms with Gasteiger partial charge in [0.1, 0.15) is 11.9 Å². The van der Waals surface area contributed by atoms with Crippen molar-refractivity contribution in [3.05, 3.63) is 29.8 Å². The van der Waals surface area contributed by atoms with Crippen molar-refractivity contribution in [2.45, 2.75) is 70.8 Å². The maximum absolute atomic E-state index is 6.34. The third kappa shape index (κ3) is 2.70. The van der Waals surface area contributed by atoms with E-state index < -0.39 is 0 Å². The van der Waals surface area contributed by atoms with Gasteiger partial charge < -0.3 is 4.74 Å². The molecule has 1 saturated carbocycles. The van der Waals surface area contributed by atoms with E-state index in [-0.39, 0.29) is 22.3 Å². The lowest BCUT2D eigenvalue weighted by molar-refractivity contribution is -0.0294. The zero-order chi connectivity index (χ0) is 15.0. The van der Waals surface area contributed by atoms with Crippen molar-refractivity contribution in [3.63, 3.8) is 0 Å². The molecule has 0 amide bonds. The summed E-state index contributed by atoms with van der Waals surface area (Å²) < 4.78 is 6.14. The van der Waals surface area contributed by atoms with Gasteiger partial charge in [-0.2, -0.15) is 0 Å². The van der Waals surface area contributed by atoms with E-state index >= 15 is 0 Å². The molecule has 0 spiro atoms. The monoisotopic (exact) mass is 294 g/mol. The van der Waals surface area contributed by atoms with Crippen molar-refractivity contribution in [1.82, 2.24) is 0 Å². The summed E-state index contributed by atoms with van der Waals surface area (Å²) >= 11 is 6.34. The van der Waals surface area contributed by atoms with Crippen LogP contribution in [0.2, 0.25) is 0 Å². The molecule has 0 radical (unpaired) electrons.